The highest BCUT2D eigenvalue weighted by Gasteiger charge is 1.96. The van der Waals surface area contributed by atoms with Gasteiger partial charge in [0.15, 0.2) is 0 Å². The van der Waals surface area contributed by atoms with Gasteiger partial charge in [0.2, 0.25) is 0 Å². The van der Waals surface area contributed by atoms with Gasteiger partial charge in [-0.25, -0.2) is 4.39 Å². The smallest absolute Gasteiger partial charge is 0.123 e. The van der Waals surface area contributed by atoms with Gasteiger partial charge in [0, 0.05) is 11.6 Å². The first-order valence-corrected chi connectivity index (χ1v) is 6.31. The molecule has 0 aliphatic rings. The summed E-state index contributed by atoms with van der Waals surface area (Å²) in [6, 6.07) is 14.4. The Kier molecular flexibility index (Phi) is 4.73. The van der Waals surface area contributed by atoms with E-state index in [2.05, 4.69) is 11.4 Å². The third-order valence-electron chi connectivity index (χ3n) is 2.72. The van der Waals surface area contributed by atoms with Gasteiger partial charge in [0.05, 0.1) is 0 Å². The Bertz CT molecular complexity index is 496. The lowest BCUT2D eigenvalue weighted by molar-refractivity contribution is 0.625. The van der Waals surface area contributed by atoms with Crippen molar-refractivity contribution in [3.8, 4) is 0 Å². The highest BCUT2D eigenvalue weighted by Crippen LogP contribution is 2.10. The van der Waals surface area contributed by atoms with Crippen molar-refractivity contribution in [2.75, 3.05) is 6.54 Å². The molecule has 18 heavy (non-hydrogen) atoms. The SMILES string of the molecule is Fc1ccc(CNCCc2cccc(Cl)c2)cc1. The average Bonchev–Trinajstić information content (AvgIpc) is 2.37. The maximum Gasteiger partial charge on any atom is 0.123 e. The highest BCUT2D eigenvalue weighted by atomic mass is 35.5. The molecule has 94 valence electrons. The van der Waals surface area contributed by atoms with Crippen LogP contribution < -0.4 is 5.32 Å². The van der Waals surface area contributed by atoms with Crippen LogP contribution in [0.2, 0.25) is 5.02 Å². The van der Waals surface area contributed by atoms with Crippen LogP contribution in [-0.4, -0.2) is 6.54 Å². The summed E-state index contributed by atoms with van der Waals surface area (Å²) in [7, 11) is 0. The van der Waals surface area contributed by atoms with Crippen LogP contribution in [0.5, 0.6) is 0 Å². The lowest BCUT2D eigenvalue weighted by Crippen LogP contribution is -2.16. The number of hydrogen-bond acceptors (Lipinski definition) is 1. The first-order valence-electron chi connectivity index (χ1n) is 5.93. The molecule has 1 N–H and O–H groups in total. The summed E-state index contributed by atoms with van der Waals surface area (Å²) in [5, 5.41) is 4.09. The molecule has 2 rings (SSSR count). The molecule has 1 nitrogen and oxygen atoms in total. The van der Waals surface area contributed by atoms with E-state index in [4.69, 9.17) is 11.6 Å². The minimum atomic E-state index is -0.197. The van der Waals surface area contributed by atoms with Gasteiger partial charge in [0.25, 0.3) is 0 Å². The largest absolute Gasteiger partial charge is 0.312 e. The van der Waals surface area contributed by atoms with E-state index in [1.807, 2.05) is 18.2 Å². The van der Waals surface area contributed by atoms with Crippen LogP contribution in [0.4, 0.5) is 4.39 Å². The topological polar surface area (TPSA) is 12.0 Å². The van der Waals surface area contributed by atoms with Crippen LogP contribution in [-0.2, 0) is 13.0 Å². The van der Waals surface area contributed by atoms with E-state index in [0.29, 0.717) is 0 Å². The molecule has 3 heteroatoms. The van der Waals surface area contributed by atoms with Crippen LogP contribution in [0, 0.1) is 5.82 Å². The normalized spacial score (nSPS) is 10.6. The fourth-order valence-corrected chi connectivity index (χ4v) is 1.97. The predicted molar refractivity (Wildman–Crippen MR) is 73.3 cm³/mol. The van der Waals surface area contributed by atoms with E-state index in [1.165, 1.54) is 17.7 Å². The van der Waals surface area contributed by atoms with E-state index in [9.17, 15) is 4.39 Å². The van der Waals surface area contributed by atoms with Crippen molar-refractivity contribution in [3.05, 3.63) is 70.5 Å². The number of hydrogen-bond donors (Lipinski definition) is 1. The Morgan fingerprint density at radius 1 is 1.00 bits per heavy atom. The van der Waals surface area contributed by atoms with Crippen LogP contribution in [0.15, 0.2) is 48.5 Å². The van der Waals surface area contributed by atoms with Gasteiger partial charge in [-0.1, -0.05) is 35.9 Å². The summed E-state index contributed by atoms with van der Waals surface area (Å²) in [5.41, 5.74) is 2.30. The monoisotopic (exact) mass is 263 g/mol. The molecule has 0 aromatic heterocycles. The van der Waals surface area contributed by atoms with Crippen molar-refractivity contribution in [2.24, 2.45) is 0 Å². The van der Waals surface area contributed by atoms with Gasteiger partial charge in [-0.3, -0.25) is 0 Å². The molecule has 0 aliphatic heterocycles. The number of nitrogens with one attached hydrogen (secondary N) is 1. The molecular formula is C15H15ClFN. The second-order valence-corrected chi connectivity index (χ2v) is 4.62. The second kappa shape index (κ2) is 6.53. The molecule has 0 saturated carbocycles. The average molecular weight is 264 g/mol. The van der Waals surface area contributed by atoms with Gasteiger partial charge in [0.1, 0.15) is 5.82 Å². The minimum Gasteiger partial charge on any atom is -0.312 e. The van der Waals surface area contributed by atoms with E-state index in [1.54, 1.807) is 12.1 Å². The Balaban J connectivity index is 1.74. The molecule has 0 fully saturated rings. The molecule has 0 saturated heterocycles. The maximum absolute atomic E-state index is 12.7. The molecule has 2 aromatic rings. The van der Waals surface area contributed by atoms with Gasteiger partial charge in [-0.15, -0.1) is 0 Å². The van der Waals surface area contributed by atoms with Gasteiger partial charge < -0.3 is 5.32 Å². The predicted octanol–water partition coefficient (Wildman–Crippen LogP) is 3.81. The number of benzene rings is 2. The summed E-state index contributed by atoms with van der Waals surface area (Å²) in [6.07, 6.45) is 0.932. The lowest BCUT2D eigenvalue weighted by atomic mass is 10.1. The molecule has 0 amide bonds. The summed E-state index contributed by atoms with van der Waals surface area (Å²) in [6.45, 7) is 1.62. The molecular weight excluding hydrogens is 249 g/mol. The quantitative estimate of drug-likeness (QED) is 0.809. The summed E-state index contributed by atoms with van der Waals surface area (Å²) in [5.74, 6) is -0.197. The minimum absolute atomic E-state index is 0.197. The zero-order valence-electron chi connectivity index (χ0n) is 10.00. The third-order valence-corrected chi connectivity index (χ3v) is 2.96. The molecule has 0 unspecified atom stereocenters. The Morgan fingerprint density at radius 2 is 1.78 bits per heavy atom. The van der Waals surface area contributed by atoms with Crippen molar-refractivity contribution in [1.29, 1.82) is 0 Å². The second-order valence-electron chi connectivity index (χ2n) is 4.18. The first-order chi connectivity index (χ1) is 8.74. The molecule has 0 radical (unpaired) electrons. The maximum atomic E-state index is 12.7. The van der Waals surface area contributed by atoms with Crippen molar-refractivity contribution in [3.63, 3.8) is 0 Å². The first kappa shape index (κ1) is 13.1. The standard InChI is InChI=1S/C15H15ClFN/c16-14-3-1-2-12(10-14)8-9-18-11-13-4-6-15(17)7-5-13/h1-7,10,18H,8-9,11H2. The zero-order chi connectivity index (χ0) is 12.8. The van der Waals surface area contributed by atoms with Crippen molar-refractivity contribution < 1.29 is 4.39 Å². The van der Waals surface area contributed by atoms with Crippen LogP contribution in [0.3, 0.4) is 0 Å². The highest BCUT2D eigenvalue weighted by molar-refractivity contribution is 6.30. The van der Waals surface area contributed by atoms with Gasteiger partial charge >= 0.3 is 0 Å². The fourth-order valence-electron chi connectivity index (χ4n) is 1.76. The summed E-state index contributed by atoms with van der Waals surface area (Å²) >= 11 is 5.91. The van der Waals surface area contributed by atoms with Gasteiger partial charge in [-0.2, -0.15) is 0 Å². The molecule has 0 spiro atoms. The zero-order valence-corrected chi connectivity index (χ0v) is 10.8. The summed E-state index contributed by atoms with van der Waals surface area (Å²) in [4.78, 5) is 0. The molecule has 0 heterocycles. The third kappa shape index (κ3) is 4.13. The van der Waals surface area contributed by atoms with Crippen molar-refractivity contribution in [2.45, 2.75) is 13.0 Å². The van der Waals surface area contributed by atoms with E-state index in [0.717, 1.165) is 30.1 Å². The van der Waals surface area contributed by atoms with E-state index in [-0.39, 0.29) is 5.82 Å². The molecule has 0 aliphatic carbocycles. The van der Waals surface area contributed by atoms with Gasteiger partial charge in [-0.05, 0) is 48.4 Å². The molecule has 2 aromatic carbocycles. The lowest BCUT2D eigenvalue weighted by Gasteiger charge is -2.05. The molecule has 0 atom stereocenters. The van der Waals surface area contributed by atoms with E-state index < -0.39 is 0 Å². The van der Waals surface area contributed by atoms with E-state index >= 15 is 0 Å². The summed E-state index contributed by atoms with van der Waals surface area (Å²) < 4.78 is 12.7. The number of halogens is 2. The molecule has 0 bridgehead atoms. The van der Waals surface area contributed by atoms with Crippen LogP contribution in [0.1, 0.15) is 11.1 Å². The number of rotatable bonds is 5. The Morgan fingerprint density at radius 3 is 2.50 bits per heavy atom. The van der Waals surface area contributed by atoms with Crippen molar-refractivity contribution >= 4 is 11.6 Å². The fraction of sp³-hybridized carbons (Fsp3) is 0.200. The van der Waals surface area contributed by atoms with Crippen molar-refractivity contribution in [1.82, 2.24) is 5.32 Å². The van der Waals surface area contributed by atoms with Crippen LogP contribution >= 0.6 is 11.6 Å². The Hall–Kier alpha value is -1.38. The van der Waals surface area contributed by atoms with Crippen LogP contribution in [0.25, 0.3) is 0 Å². The Labute approximate surface area is 112 Å².